The van der Waals surface area contributed by atoms with Gasteiger partial charge in [0.05, 0.1) is 23.4 Å². The zero-order valence-electron chi connectivity index (χ0n) is 21.8. The number of alkyl halides is 3. The van der Waals surface area contributed by atoms with Crippen LogP contribution in [0.5, 0.6) is 0 Å². The van der Waals surface area contributed by atoms with E-state index < -0.39 is 11.7 Å². The van der Waals surface area contributed by atoms with Gasteiger partial charge in [-0.25, -0.2) is 9.37 Å². The van der Waals surface area contributed by atoms with E-state index in [1.54, 1.807) is 37.5 Å². The minimum Gasteiger partial charge on any atom is -0.341 e. The lowest BCUT2D eigenvalue weighted by Crippen LogP contribution is -2.30. The average molecular weight is 571 g/mol. The number of carbonyl (C=O) groups excluding carboxylic acids is 1. The highest BCUT2D eigenvalue weighted by Gasteiger charge is 2.30. The molecule has 0 unspecified atom stereocenters. The number of likely N-dealkylation sites (N-methyl/N-ethyl adjacent to an activating group) is 1. The maximum Gasteiger partial charge on any atom is 0.416 e. The van der Waals surface area contributed by atoms with E-state index in [1.165, 1.54) is 40.9 Å². The van der Waals surface area contributed by atoms with Crippen LogP contribution in [-0.2, 0) is 36.1 Å². The number of hydrogen-bond donors (Lipinski definition) is 1. The SMILES string of the molecule is CCc1c(CC(=O)N(C)Cc2ccc(-c3ccc(C(F)(F)F)cc3)nc2)nc(SCc2ccc(F)cc2)[nH]c1=O. The Balaban J connectivity index is 1.41. The molecular formula is C29H26F4N4O2S. The van der Waals surface area contributed by atoms with Gasteiger partial charge in [-0.1, -0.05) is 49.0 Å². The lowest BCUT2D eigenvalue weighted by molar-refractivity contribution is -0.137. The Labute approximate surface area is 232 Å². The molecule has 2 heterocycles. The van der Waals surface area contributed by atoms with Crippen LogP contribution in [0.1, 0.15) is 34.9 Å². The summed E-state index contributed by atoms with van der Waals surface area (Å²) in [6.45, 7) is 2.06. The molecule has 208 valence electrons. The molecule has 0 spiro atoms. The largest absolute Gasteiger partial charge is 0.416 e. The van der Waals surface area contributed by atoms with Gasteiger partial charge in [-0.3, -0.25) is 14.6 Å². The van der Waals surface area contributed by atoms with Gasteiger partial charge in [0.15, 0.2) is 5.16 Å². The lowest BCUT2D eigenvalue weighted by atomic mass is 10.1. The predicted octanol–water partition coefficient (Wildman–Crippen LogP) is 6.05. The summed E-state index contributed by atoms with van der Waals surface area (Å²) in [6.07, 6.45) is -2.49. The standard InChI is InChI=1S/C29H26F4N4O2S/c1-3-23-25(35-28(36-27(23)39)40-17-18-4-11-22(30)12-5-18)14-26(38)37(2)16-19-6-13-24(34-15-19)20-7-9-21(10-8-20)29(31,32)33/h4-13,15H,3,14,16-17H2,1-2H3,(H,35,36,39). The summed E-state index contributed by atoms with van der Waals surface area (Å²) >= 11 is 1.29. The Kier molecular flexibility index (Phi) is 9.03. The Hall–Kier alpha value is -3.99. The molecule has 2 aromatic carbocycles. The summed E-state index contributed by atoms with van der Waals surface area (Å²) in [5.74, 6) is -0.102. The Morgan fingerprint density at radius 1 is 1.00 bits per heavy atom. The zero-order chi connectivity index (χ0) is 28.9. The van der Waals surface area contributed by atoms with Gasteiger partial charge in [0, 0.05) is 36.7 Å². The van der Waals surface area contributed by atoms with Crippen molar-refractivity contribution < 1.29 is 22.4 Å². The highest BCUT2D eigenvalue weighted by Crippen LogP contribution is 2.30. The van der Waals surface area contributed by atoms with Crippen LogP contribution in [0.3, 0.4) is 0 Å². The number of thioether (sulfide) groups is 1. The second-order valence-electron chi connectivity index (χ2n) is 9.12. The van der Waals surface area contributed by atoms with Crippen LogP contribution >= 0.6 is 11.8 Å². The van der Waals surface area contributed by atoms with E-state index in [1.807, 2.05) is 6.92 Å². The summed E-state index contributed by atoms with van der Waals surface area (Å²) in [6, 6.07) is 14.3. The number of benzene rings is 2. The number of nitrogens with one attached hydrogen (secondary N) is 1. The van der Waals surface area contributed by atoms with Crippen molar-refractivity contribution in [1.29, 1.82) is 0 Å². The Morgan fingerprint density at radius 2 is 1.68 bits per heavy atom. The van der Waals surface area contributed by atoms with Crippen molar-refractivity contribution in [2.45, 2.75) is 43.4 Å². The van der Waals surface area contributed by atoms with Gasteiger partial charge in [-0.05, 0) is 47.9 Å². The molecule has 2 aromatic heterocycles. The van der Waals surface area contributed by atoms with Crippen molar-refractivity contribution in [2.75, 3.05) is 7.05 Å². The number of halogens is 4. The van der Waals surface area contributed by atoms with E-state index in [9.17, 15) is 27.2 Å². The minimum atomic E-state index is -4.40. The highest BCUT2D eigenvalue weighted by molar-refractivity contribution is 7.98. The zero-order valence-corrected chi connectivity index (χ0v) is 22.6. The molecule has 0 aliphatic rings. The van der Waals surface area contributed by atoms with Crippen molar-refractivity contribution >= 4 is 17.7 Å². The smallest absolute Gasteiger partial charge is 0.341 e. The Morgan fingerprint density at radius 3 is 2.27 bits per heavy atom. The summed E-state index contributed by atoms with van der Waals surface area (Å²) in [7, 11) is 1.63. The summed E-state index contributed by atoms with van der Waals surface area (Å²) in [4.78, 5) is 38.8. The van der Waals surface area contributed by atoms with E-state index >= 15 is 0 Å². The molecule has 0 bridgehead atoms. The first-order valence-electron chi connectivity index (χ1n) is 12.4. The molecule has 0 saturated heterocycles. The summed E-state index contributed by atoms with van der Waals surface area (Å²) in [5, 5.41) is 0.375. The first-order valence-corrected chi connectivity index (χ1v) is 13.4. The second kappa shape index (κ2) is 12.5. The van der Waals surface area contributed by atoms with Gasteiger partial charge >= 0.3 is 6.18 Å². The molecule has 0 radical (unpaired) electrons. The van der Waals surface area contributed by atoms with Crippen LogP contribution in [0.2, 0.25) is 0 Å². The number of hydrogen-bond acceptors (Lipinski definition) is 5. The first-order chi connectivity index (χ1) is 19.0. The number of aromatic amines is 1. The third kappa shape index (κ3) is 7.35. The van der Waals surface area contributed by atoms with Gasteiger partial charge in [0.1, 0.15) is 5.82 Å². The van der Waals surface area contributed by atoms with Gasteiger partial charge in [-0.2, -0.15) is 13.2 Å². The Bertz CT molecular complexity index is 1520. The quantitative estimate of drug-likeness (QED) is 0.151. The fraction of sp³-hybridized carbons (Fsp3) is 0.241. The average Bonchev–Trinajstić information content (AvgIpc) is 2.92. The number of aromatic nitrogens is 3. The fourth-order valence-electron chi connectivity index (χ4n) is 3.99. The van der Waals surface area contributed by atoms with Gasteiger partial charge in [0.2, 0.25) is 5.91 Å². The first kappa shape index (κ1) is 29.0. The number of H-pyrrole nitrogens is 1. The van der Waals surface area contributed by atoms with Crippen molar-refractivity contribution in [2.24, 2.45) is 0 Å². The molecular weight excluding hydrogens is 544 g/mol. The summed E-state index contributed by atoms with van der Waals surface area (Å²) < 4.78 is 51.6. The molecule has 4 aromatic rings. The van der Waals surface area contributed by atoms with Crippen LogP contribution in [-0.4, -0.2) is 32.8 Å². The molecule has 0 fully saturated rings. The molecule has 4 rings (SSSR count). The number of rotatable bonds is 9. The third-order valence-electron chi connectivity index (χ3n) is 6.22. The fourth-order valence-corrected chi connectivity index (χ4v) is 4.83. The lowest BCUT2D eigenvalue weighted by Gasteiger charge is -2.18. The molecule has 0 aliphatic carbocycles. The molecule has 0 atom stereocenters. The molecule has 0 aliphatic heterocycles. The minimum absolute atomic E-state index is 0.0647. The van der Waals surface area contributed by atoms with Gasteiger partial charge in [-0.15, -0.1) is 0 Å². The molecule has 0 saturated carbocycles. The van der Waals surface area contributed by atoms with E-state index in [2.05, 4.69) is 15.0 Å². The van der Waals surface area contributed by atoms with E-state index in [0.717, 1.165) is 23.3 Å². The monoisotopic (exact) mass is 570 g/mol. The normalized spacial score (nSPS) is 11.4. The van der Waals surface area contributed by atoms with Crippen molar-refractivity contribution in [3.63, 3.8) is 0 Å². The van der Waals surface area contributed by atoms with Crippen LogP contribution in [0.25, 0.3) is 11.3 Å². The second-order valence-corrected chi connectivity index (χ2v) is 10.1. The van der Waals surface area contributed by atoms with Crippen LogP contribution in [0.4, 0.5) is 17.6 Å². The van der Waals surface area contributed by atoms with Crippen molar-refractivity contribution in [3.8, 4) is 11.3 Å². The van der Waals surface area contributed by atoms with Gasteiger partial charge in [0.25, 0.3) is 5.56 Å². The predicted molar refractivity (Wildman–Crippen MR) is 145 cm³/mol. The molecule has 6 nitrogen and oxygen atoms in total. The topological polar surface area (TPSA) is 79.0 Å². The van der Waals surface area contributed by atoms with E-state index in [4.69, 9.17) is 0 Å². The summed E-state index contributed by atoms with van der Waals surface area (Å²) in [5.41, 5.74) is 2.47. The maximum atomic E-state index is 13.2. The highest BCUT2D eigenvalue weighted by atomic mass is 32.2. The number of carbonyl (C=O) groups is 1. The number of pyridine rings is 1. The van der Waals surface area contributed by atoms with Crippen molar-refractivity contribution in [3.05, 3.63) is 111 Å². The third-order valence-corrected chi connectivity index (χ3v) is 7.16. The van der Waals surface area contributed by atoms with Crippen LogP contribution in [0.15, 0.2) is 76.8 Å². The van der Waals surface area contributed by atoms with Crippen molar-refractivity contribution in [1.82, 2.24) is 19.9 Å². The molecule has 11 heteroatoms. The van der Waals surface area contributed by atoms with E-state index in [0.29, 0.717) is 39.8 Å². The number of nitrogens with zero attached hydrogens (tertiary/aromatic N) is 3. The van der Waals surface area contributed by atoms with E-state index in [-0.39, 0.29) is 30.2 Å². The molecule has 40 heavy (non-hydrogen) atoms. The molecule has 1 N–H and O–H groups in total. The number of amides is 1. The van der Waals surface area contributed by atoms with Gasteiger partial charge < -0.3 is 9.88 Å². The molecule has 1 amide bonds. The van der Waals surface area contributed by atoms with Crippen LogP contribution in [0, 0.1) is 5.82 Å². The maximum absolute atomic E-state index is 13.2. The van der Waals surface area contributed by atoms with Crippen LogP contribution < -0.4 is 5.56 Å².